The predicted molar refractivity (Wildman–Crippen MR) is 103 cm³/mol. The molecule has 1 heterocycles. The van der Waals surface area contributed by atoms with Gasteiger partial charge in [-0.2, -0.15) is 0 Å². The Morgan fingerprint density at radius 1 is 1.04 bits per heavy atom. The summed E-state index contributed by atoms with van der Waals surface area (Å²) >= 11 is 10.9. The summed E-state index contributed by atoms with van der Waals surface area (Å²) in [5.41, 5.74) is 0. The predicted octanol–water partition coefficient (Wildman–Crippen LogP) is 3.07. The van der Waals surface area contributed by atoms with Gasteiger partial charge in [-0.15, -0.1) is 0 Å². The van der Waals surface area contributed by atoms with Gasteiger partial charge >= 0.3 is 5.24 Å². The lowest BCUT2D eigenvalue weighted by Gasteiger charge is -2.40. The van der Waals surface area contributed by atoms with Crippen molar-refractivity contribution in [2.45, 2.75) is 37.6 Å². The first-order valence-corrected chi connectivity index (χ1v) is 9.20. The third-order valence-corrected chi connectivity index (χ3v) is 4.53. The van der Waals surface area contributed by atoms with Crippen LogP contribution in [0.25, 0.3) is 0 Å². The SMILES string of the molecule is C[C@@H]1O[C@@H](Oc2ccc(Cl)cc2)[C@H](O)[C@H](OC(=S)Oc2ccc(F)cc2)[C@H]1O. The van der Waals surface area contributed by atoms with Crippen LogP contribution in [0.2, 0.25) is 5.02 Å². The molecule has 0 spiro atoms. The fraction of sp³-hybridized carbons (Fsp3) is 0.316. The molecule has 0 aliphatic carbocycles. The Morgan fingerprint density at radius 3 is 2.29 bits per heavy atom. The number of aliphatic hydroxyl groups is 2. The topological polar surface area (TPSA) is 77.4 Å². The fourth-order valence-corrected chi connectivity index (χ4v) is 2.95. The number of halogens is 2. The molecule has 1 aliphatic heterocycles. The van der Waals surface area contributed by atoms with Crippen LogP contribution in [-0.4, -0.2) is 46.2 Å². The first-order chi connectivity index (χ1) is 13.3. The van der Waals surface area contributed by atoms with E-state index in [0.29, 0.717) is 10.8 Å². The molecule has 0 radical (unpaired) electrons. The van der Waals surface area contributed by atoms with E-state index >= 15 is 0 Å². The molecule has 150 valence electrons. The molecule has 0 amide bonds. The minimum atomic E-state index is -1.36. The van der Waals surface area contributed by atoms with Crippen molar-refractivity contribution in [2.75, 3.05) is 0 Å². The molecule has 1 aliphatic rings. The van der Waals surface area contributed by atoms with Crippen molar-refractivity contribution in [1.82, 2.24) is 0 Å². The van der Waals surface area contributed by atoms with Gasteiger partial charge in [-0.1, -0.05) is 11.6 Å². The summed E-state index contributed by atoms with van der Waals surface area (Å²) in [5.74, 6) is 0.246. The lowest BCUT2D eigenvalue weighted by molar-refractivity contribution is -0.266. The molecule has 3 rings (SSSR count). The van der Waals surface area contributed by atoms with Gasteiger partial charge in [0.05, 0.1) is 6.10 Å². The average Bonchev–Trinajstić information content (AvgIpc) is 2.67. The molecule has 0 aromatic heterocycles. The third kappa shape index (κ3) is 5.09. The van der Waals surface area contributed by atoms with Crippen molar-refractivity contribution in [2.24, 2.45) is 0 Å². The average molecular weight is 429 g/mol. The molecule has 5 atom stereocenters. The Labute approximate surface area is 171 Å². The molecule has 1 saturated heterocycles. The van der Waals surface area contributed by atoms with Gasteiger partial charge in [0.2, 0.25) is 6.29 Å². The first-order valence-electron chi connectivity index (χ1n) is 8.41. The van der Waals surface area contributed by atoms with Gasteiger partial charge < -0.3 is 29.2 Å². The maximum atomic E-state index is 13.0. The minimum Gasteiger partial charge on any atom is -0.462 e. The van der Waals surface area contributed by atoms with Crippen molar-refractivity contribution in [3.05, 3.63) is 59.4 Å². The zero-order valence-corrected chi connectivity index (χ0v) is 16.3. The van der Waals surface area contributed by atoms with Crippen molar-refractivity contribution in [1.29, 1.82) is 0 Å². The summed E-state index contributed by atoms with van der Waals surface area (Å²) in [6, 6.07) is 11.6. The Morgan fingerprint density at radius 2 is 1.64 bits per heavy atom. The smallest absolute Gasteiger partial charge is 0.358 e. The second kappa shape index (κ2) is 9.02. The van der Waals surface area contributed by atoms with Gasteiger partial charge in [-0.05, 0) is 55.5 Å². The number of thiocarbonyl (C=S) groups is 1. The number of benzene rings is 2. The molecule has 1 fully saturated rings. The number of aliphatic hydroxyl groups excluding tert-OH is 2. The molecule has 0 bridgehead atoms. The Hall–Kier alpha value is -1.97. The molecule has 0 unspecified atom stereocenters. The van der Waals surface area contributed by atoms with Crippen molar-refractivity contribution in [3.8, 4) is 11.5 Å². The molecule has 6 nitrogen and oxygen atoms in total. The van der Waals surface area contributed by atoms with E-state index in [2.05, 4.69) is 0 Å². The van der Waals surface area contributed by atoms with Crippen LogP contribution in [0.3, 0.4) is 0 Å². The Kier molecular flexibility index (Phi) is 6.69. The summed E-state index contributed by atoms with van der Waals surface area (Å²) in [6.45, 7) is 1.61. The fourth-order valence-electron chi connectivity index (χ4n) is 2.61. The van der Waals surface area contributed by atoms with Crippen LogP contribution in [0.5, 0.6) is 11.5 Å². The standard InChI is InChI=1S/C19H18ClFO6S/c1-10-15(22)17(27-19(28)26-14-8-4-12(21)5-9-14)16(23)18(24-10)25-13-6-2-11(20)3-7-13/h2-10,15-18,22-23H,1H3/t10-,15-,16+,17+,18-/m0/s1. The van der Waals surface area contributed by atoms with Crippen LogP contribution < -0.4 is 9.47 Å². The highest BCUT2D eigenvalue weighted by Gasteiger charge is 2.46. The van der Waals surface area contributed by atoms with Crippen LogP contribution in [0, 0.1) is 5.82 Å². The second-order valence-electron chi connectivity index (χ2n) is 6.15. The van der Waals surface area contributed by atoms with E-state index in [9.17, 15) is 14.6 Å². The molecular formula is C19H18ClFO6S. The van der Waals surface area contributed by atoms with Crippen LogP contribution in [0.1, 0.15) is 6.92 Å². The van der Waals surface area contributed by atoms with Crippen molar-refractivity contribution in [3.63, 3.8) is 0 Å². The molecule has 28 heavy (non-hydrogen) atoms. The van der Waals surface area contributed by atoms with Crippen LogP contribution in [-0.2, 0) is 9.47 Å². The number of rotatable bonds is 4. The Bertz CT molecular complexity index is 803. The van der Waals surface area contributed by atoms with Gasteiger partial charge in [0.15, 0.2) is 12.2 Å². The monoisotopic (exact) mass is 428 g/mol. The largest absolute Gasteiger partial charge is 0.462 e. The van der Waals surface area contributed by atoms with E-state index < -0.39 is 36.5 Å². The summed E-state index contributed by atoms with van der Waals surface area (Å²) < 4.78 is 34.9. The van der Waals surface area contributed by atoms with Crippen molar-refractivity contribution < 1.29 is 33.6 Å². The number of hydrogen-bond acceptors (Lipinski definition) is 7. The number of hydrogen-bond donors (Lipinski definition) is 2. The lowest BCUT2D eigenvalue weighted by atomic mass is 10.00. The van der Waals surface area contributed by atoms with E-state index in [-0.39, 0.29) is 11.0 Å². The number of ether oxygens (including phenoxy) is 4. The van der Waals surface area contributed by atoms with E-state index in [0.717, 1.165) is 0 Å². The maximum Gasteiger partial charge on any atom is 0.358 e. The maximum absolute atomic E-state index is 13.0. The van der Waals surface area contributed by atoms with Gasteiger partial charge in [0.1, 0.15) is 23.4 Å². The summed E-state index contributed by atoms with van der Waals surface area (Å²) in [4.78, 5) is 0. The van der Waals surface area contributed by atoms with Crippen LogP contribution in [0.15, 0.2) is 48.5 Å². The molecule has 2 aromatic rings. The van der Waals surface area contributed by atoms with E-state index in [1.165, 1.54) is 24.3 Å². The van der Waals surface area contributed by atoms with Gasteiger partial charge in [0, 0.05) is 17.2 Å². The molecule has 9 heteroatoms. The minimum absolute atomic E-state index is 0.254. The van der Waals surface area contributed by atoms with Gasteiger partial charge in [-0.3, -0.25) is 0 Å². The highest BCUT2D eigenvalue weighted by molar-refractivity contribution is 7.79. The second-order valence-corrected chi connectivity index (χ2v) is 6.92. The van der Waals surface area contributed by atoms with E-state index in [1.807, 2.05) is 0 Å². The highest BCUT2D eigenvalue weighted by atomic mass is 35.5. The van der Waals surface area contributed by atoms with Crippen molar-refractivity contribution >= 4 is 29.1 Å². The van der Waals surface area contributed by atoms with E-state index in [4.69, 9.17) is 42.8 Å². The van der Waals surface area contributed by atoms with Gasteiger partial charge in [-0.25, -0.2) is 4.39 Å². The first kappa shape index (κ1) is 20.8. The zero-order chi connectivity index (χ0) is 20.3. The van der Waals surface area contributed by atoms with Crippen LogP contribution in [0.4, 0.5) is 4.39 Å². The van der Waals surface area contributed by atoms with Gasteiger partial charge in [0.25, 0.3) is 0 Å². The molecule has 2 aromatic carbocycles. The molecular weight excluding hydrogens is 411 g/mol. The molecule has 0 saturated carbocycles. The zero-order valence-electron chi connectivity index (χ0n) is 14.7. The summed E-state index contributed by atoms with van der Waals surface area (Å²) in [7, 11) is 0. The quantitative estimate of drug-likeness (QED) is 0.724. The lowest BCUT2D eigenvalue weighted by Crippen LogP contribution is -2.59. The van der Waals surface area contributed by atoms with Crippen LogP contribution >= 0.6 is 23.8 Å². The summed E-state index contributed by atoms with van der Waals surface area (Å²) in [6.07, 6.45) is -5.53. The third-order valence-electron chi connectivity index (χ3n) is 4.09. The van der Waals surface area contributed by atoms with E-state index in [1.54, 1.807) is 31.2 Å². The highest BCUT2D eigenvalue weighted by Crippen LogP contribution is 2.27. The molecule has 2 N–H and O–H groups in total. The summed E-state index contributed by atoms with van der Waals surface area (Å²) in [5, 5.41) is 21.1. The Balaban J connectivity index is 1.66. The normalized spacial score (nSPS) is 27.1.